The summed E-state index contributed by atoms with van der Waals surface area (Å²) < 4.78 is 7.59. The maximum atomic E-state index is 12.4. The molecule has 7 rings (SSSR count). The van der Waals surface area contributed by atoms with E-state index in [0.29, 0.717) is 23.8 Å². The van der Waals surface area contributed by atoms with E-state index < -0.39 is 0 Å². The highest BCUT2D eigenvalue weighted by Crippen LogP contribution is 2.44. The Bertz CT molecular complexity index is 1150. The lowest BCUT2D eigenvalue weighted by Gasteiger charge is -2.57. The van der Waals surface area contributed by atoms with Crippen molar-refractivity contribution < 1.29 is 9.53 Å². The maximum Gasteiger partial charge on any atom is 0.225 e. The van der Waals surface area contributed by atoms with Gasteiger partial charge in [-0.1, -0.05) is 18.2 Å². The van der Waals surface area contributed by atoms with Crippen molar-refractivity contribution in [1.29, 1.82) is 0 Å². The van der Waals surface area contributed by atoms with Crippen LogP contribution in [0.15, 0.2) is 42.8 Å². The normalized spacial score (nSPS) is 28.5. The van der Waals surface area contributed by atoms with Gasteiger partial charge in [-0.25, -0.2) is 4.52 Å². The maximum absolute atomic E-state index is 12.4. The Hall–Kier alpha value is -2.64. The minimum atomic E-state index is 0.241. The molecule has 1 amide bonds. The highest BCUT2D eigenvalue weighted by atomic mass is 16.5. The minimum Gasteiger partial charge on any atom is -0.381 e. The molecule has 0 bridgehead atoms. The number of hydrogen-bond acceptors (Lipinski definition) is 5. The summed E-state index contributed by atoms with van der Waals surface area (Å²) in [6, 6.07) is 4.79. The fourth-order valence-corrected chi connectivity index (χ4v) is 6.26. The second-order valence-electron chi connectivity index (χ2n) is 10.3. The van der Waals surface area contributed by atoms with Crippen LogP contribution in [-0.4, -0.2) is 71.4 Å². The lowest BCUT2D eigenvalue weighted by molar-refractivity contribution is -0.132. The molecular formula is C26H31N5O2. The molecule has 1 N–H and O–H groups in total. The zero-order chi connectivity index (χ0) is 22.0. The summed E-state index contributed by atoms with van der Waals surface area (Å²) in [5.41, 5.74) is 5.05. The first-order valence-corrected chi connectivity index (χ1v) is 12.5. The predicted octanol–water partition coefficient (Wildman–Crippen LogP) is 2.48. The lowest BCUT2D eigenvalue weighted by Crippen LogP contribution is -2.72. The first-order valence-electron chi connectivity index (χ1n) is 12.5. The number of amides is 1. The van der Waals surface area contributed by atoms with Crippen LogP contribution < -0.4 is 10.2 Å². The Morgan fingerprint density at radius 2 is 1.97 bits per heavy atom. The van der Waals surface area contributed by atoms with Gasteiger partial charge in [0, 0.05) is 80.8 Å². The number of nitrogens with zero attached hydrogens (tertiary/aromatic N) is 4. The van der Waals surface area contributed by atoms with Crippen LogP contribution >= 0.6 is 0 Å². The van der Waals surface area contributed by atoms with Gasteiger partial charge in [-0.15, -0.1) is 0 Å². The van der Waals surface area contributed by atoms with Crippen molar-refractivity contribution in [2.24, 2.45) is 11.8 Å². The fourth-order valence-electron chi connectivity index (χ4n) is 6.26. The van der Waals surface area contributed by atoms with Crippen molar-refractivity contribution >= 4 is 22.7 Å². The minimum absolute atomic E-state index is 0.241. The number of ether oxygens (including phenoxy) is 1. The summed E-state index contributed by atoms with van der Waals surface area (Å²) in [4.78, 5) is 16.9. The first kappa shape index (κ1) is 19.8. The van der Waals surface area contributed by atoms with Crippen LogP contribution in [0.4, 0.5) is 5.69 Å². The van der Waals surface area contributed by atoms with Gasteiger partial charge in [0.15, 0.2) is 0 Å². The number of hydrogen-bond donors (Lipinski definition) is 1. The molecule has 2 aromatic rings. The van der Waals surface area contributed by atoms with Crippen molar-refractivity contribution in [3.8, 4) is 0 Å². The van der Waals surface area contributed by atoms with E-state index in [2.05, 4.69) is 56.8 Å². The molecule has 2 unspecified atom stereocenters. The van der Waals surface area contributed by atoms with Gasteiger partial charge < -0.3 is 19.9 Å². The molecule has 5 aliphatic rings. The second kappa shape index (κ2) is 7.43. The molecule has 3 aliphatic heterocycles. The molecule has 0 radical (unpaired) electrons. The molecule has 2 aromatic heterocycles. The smallest absolute Gasteiger partial charge is 0.225 e. The second-order valence-corrected chi connectivity index (χ2v) is 10.3. The summed E-state index contributed by atoms with van der Waals surface area (Å²) >= 11 is 0. The van der Waals surface area contributed by atoms with Crippen LogP contribution in [0.25, 0.3) is 11.1 Å². The van der Waals surface area contributed by atoms with Crippen molar-refractivity contribution in [2.75, 3.05) is 44.3 Å². The standard InChI is InChI=1S/C26H31N5O2/c32-25(18-1-2-18)30-11-9-29(10-12-30)23-5-8-27-31-17-20(16-24(23)31)19-3-4-21-22(15-19)28-26(21)6-13-33-14-7-26/h3-5,8,15-18,21-22,28H,1-2,6-7,9-14H2. The molecule has 7 heteroatoms. The SMILES string of the molecule is O=C(C1CC1)N1CCN(c2ccnn3cc(C4=CC5NC6(CCOCC6)C5C=C4)cc23)CC1. The van der Waals surface area contributed by atoms with E-state index in [4.69, 9.17) is 4.74 Å². The number of fused-ring (bicyclic) bond motifs is 3. The molecule has 5 heterocycles. The summed E-state index contributed by atoms with van der Waals surface area (Å²) in [6.07, 6.45) is 15.5. The largest absolute Gasteiger partial charge is 0.381 e. The van der Waals surface area contributed by atoms with Crippen molar-refractivity contribution in [2.45, 2.75) is 37.3 Å². The summed E-state index contributed by atoms with van der Waals surface area (Å²) in [5, 5.41) is 8.44. The summed E-state index contributed by atoms with van der Waals surface area (Å²) in [6.45, 7) is 5.10. The first-order chi connectivity index (χ1) is 16.2. The van der Waals surface area contributed by atoms with Crippen molar-refractivity contribution in [1.82, 2.24) is 19.8 Å². The van der Waals surface area contributed by atoms with Gasteiger partial charge in [0.25, 0.3) is 0 Å². The van der Waals surface area contributed by atoms with Gasteiger partial charge in [-0.3, -0.25) is 4.79 Å². The number of aromatic nitrogens is 2. The topological polar surface area (TPSA) is 62.1 Å². The molecular weight excluding hydrogens is 414 g/mol. The number of carbonyl (C=O) groups is 1. The molecule has 4 fully saturated rings. The van der Waals surface area contributed by atoms with E-state index >= 15 is 0 Å². The third kappa shape index (κ3) is 3.24. The zero-order valence-electron chi connectivity index (χ0n) is 18.9. The zero-order valence-corrected chi connectivity index (χ0v) is 18.9. The van der Waals surface area contributed by atoms with E-state index in [9.17, 15) is 4.79 Å². The highest BCUT2D eigenvalue weighted by molar-refractivity contribution is 5.84. The highest BCUT2D eigenvalue weighted by Gasteiger charge is 2.52. The van der Waals surface area contributed by atoms with Crippen LogP contribution in [0, 0.1) is 11.8 Å². The predicted molar refractivity (Wildman–Crippen MR) is 127 cm³/mol. The van der Waals surface area contributed by atoms with Crippen LogP contribution in [-0.2, 0) is 9.53 Å². The number of anilines is 1. The van der Waals surface area contributed by atoms with Crippen LogP contribution in [0.5, 0.6) is 0 Å². The van der Waals surface area contributed by atoms with E-state index in [1.54, 1.807) is 0 Å². The molecule has 3 saturated heterocycles. The lowest BCUT2D eigenvalue weighted by atomic mass is 9.64. The number of nitrogens with one attached hydrogen (secondary N) is 1. The molecule has 7 nitrogen and oxygen atoms in total. The Morgan fingerprint density at radius 3 is 2.73 bits per heavy atom. The number of rotatable bonds is 3. The van der Waals surface area contributed by atoms with E-state index in [0.717, 1.165) is 70.6 Å². The van der Waals surface area contributed by atoms with Gasteiger partial charge in [0.05, 0.1) is 11.2 Å². The van der Waals surface area contributed by atoms with Crippen LogP contribution in [0.1, 0.15) is 31.2 Å². The van der Waals surface area contributed by atoms with Crippen molar-refractivity contribution in [3.63, 3.8) is 0 Å². The average Bonchev–Trinajstić information content (AvgIpc) is 3.61. The molecule has 1 spiro atoms. The van der Waals surface area contributed by atoms with Crippen LogP contribution in [0.2, 0.25) is 0 Å². The Kier molecular flexibility index (Phi) is 4.46. The summed E-state index contributed by atoms with van der Waals surface area (Å²) in [5.74, 6) is 1.24. The monoisotopic (exact) mass is 445 g/mol. The molecule has 1 saturated carbocycles. The molecule has 172 valence electrons. The van der Waals surface area contributed by atoms with Gasteiger partial charge in [0.1, 0.15) is 0 Å². The third-order valence-electron chi connectivity index (χ3n) is 8.38. The molecule has 33 heavy (non-hydrogen) atoms. The number of carbonyl (C=O) groups excluding carboxylic acids is 1. The molecule has 2 aliphatic carbocycles. The Labute approximate surface area is 194 Å². The van der Waals surface area contributed by atoms with E-state index in [-0.39, 0.29) is 5.54 Å². The van der Waals surface area contributed by atoms with Gasteiger partial charge in [0.2, 0.25) is 5.91 Å². The third-order valence-corrected chi connectivity index (χ3v) is 8.38. The number of piperazine rings is 1. The van der Waals surface area contributed by atoms with Gasteiger partial charge >= 0.3 is 0 Å². The van der Waals surface area contributed by atoms with Crippen LogP contribution in [0.3, 0.4) is 0 Å². The number of allylic oxidation sites excluding steroid dienone is 2. The fraction of sp³-hybridized carbons (Fsp3) is 0.538. The van der Waals surface area contributed by atoms with E-state index in [1.165, 1.54) is 16.8 Å². The van der Waals surface area contributed by atoms with E-state index in [1.807, 2.05) is 10.7 Å². The van der Waals surface area contributed by atoms with Gasteiger partial charge in [-0.05, 0) is 43.4 Å². The Morgan fingerprint density at radius 1 is 1.15 bits per heavy atom. The Balaban J connectivity index is 1.10. The molecule has 0 aromatic carbocycles. The summed E-state index contributed by atoms with van der Waals surface area (Å²) in [7, 11) is 0. The average molecular weight is 446 g/mol. The van der Waals surface area contributed by atoms with Crippen molar-refractivity contribution in [3.05, 3.63) is 48.3 Å². The molecule has 2 atom stereocenters. The quantitative estimate of drug-likeness (QED) is 0.787. The van der Waals surface area contributed by atoms with Gasteiger partial charge in [-0.2, -0.15) is 5.10 Å².